The number of imide groups is 1. The fourth-order valence-electron chi connectivity index (χ4n) is 4.65. The molecule has 3 aliphatic heterocycles. The fraction of sp³-hybridized carbons (Fsp3) is 0.526. The molecule has 4 atom stereocenters. The highest BCUT2D eigenvalue weighted by Gasteiger charge is 2.51. The Morgan fingerprint density at radius 2 is 1.77 bits per heavy atom. The Labute approximate surface area is 150 Å². The first-order chi connectivity index (χ1) is 12.5. The SMILES string of the molecule is CN1C2CC[C@@H]1C[C@H](c1ccc(F)cc1)C2C(=O)ON1C(=O)CCC1=O. The van der Waals surface area contributed by atoms with Crippen molar-refractivity contribution in [2.45, 2.75) is 50.1 Å². The summed E-state index contributed by atoms with van der Waals surface area (Å²) in [6.07, 6.45) is 2.76. The molecule has 7 heteroatoms. The topological polar surface area (TPSA) is 66.9 Å². The summed E-state index contributed by atoms with van der Waals surface area (Å²) in [5.41, 5.74) is 0.887. The number of hydrogen-bond donors (Lipinski definition) is 0. The largest absolute Gasteiger partial charge is 0.338 e. The molecule has 2 amide bonds. The number of carbonyl (C=O) groups is 3. The summed E-state index contributed by atoms with van der Waals surface area (Å²) in [5.74, 6) is -2.45. The Morgan fingerprint density at radius 1 is 1.12 bits per heavy atom. The zero-order chi connectivity index (χ0) is 18.4. The van der Waals surface area contributed by atoms with Gasteiger partial charge in [-0.15, -0.1) is 5.06 Å². The molecule has 3 aliphatic rings. The second-order valence-corrected chi connectivity index (χ2v) is 7.38. The van der Waals surface area contributed by atoms with Crippen LogP contribution in [0.4, 0.5) is 4.39 Å². The number of fused-ring (bicyclic) bond motifs is 2. The third kappa shape index (κ3) is 2.80. The van der Waals surface area contributed by atoms with E-state index in [0.29, 0.717) is 11.1 Å². The van der Waals surface area contributed by atoms with E-state index in [1.54, 1.807) is 12.1 Å². The molecule has 6 nitrogen and oxygen atoms in total. The standard InChI is InChI=1S/C19H21FN2O4/c1-21-13-6-7-15(21)18(14(10-13)11-2-4-12(20)5-3-11)19(25)26-22-16(23)8-9-17(22)24/h2-5,13-15,18H,6-10H2,1H3/t13-,14-,15?,18?/m1/s1. The number of piperidine rings is 1. The lowest BCUT2D eigenvalue weighted by atomic mass is 9.76. The molecule has 138 valence electrons. The van der Waals surface area contributed by atoms with Crippen LogP contribution in [0.15, 0.2) is 24.3 Å². The van der Waals surface area contributed by atoms with Gasteiger partial charge in [0.15, 0.2) is 0 Å². The van der Waals surface area contributed by atoms with E-state index in [2.05, 4.69) is 4.90 Å². The number of amides is 2. The highest BCUT2D eigenvalue weighted by atomic mass is 19.1. The van der Waals surface area contributed by atoms with Crippen molar-refractivity contribution in [2.24, 2.45) is 5.92 Å². The number of halogens is 1. The molecule has 26 heavy (non-hydrogen) atoms. The predicted octanol–water partition coefficient (Wildman–Crippen LogP) is 2.00. The van der Waals surface area contributed by atoms with E-state index in [1.807, 2.05) is 7.05 Å². The third-order valence-electron chi connectivity index (χ3n) is 6.03. The van der Waals surface area contributed by atoms with Gasteiger partial charge < -0.3 is 4.84 Å². The van der Waals surface area contributed by atoms with Crippen LogP contribution in [0.5, 0.6) is 0 Å². The second-order valence-electron chi connectivity index (χ2n) is 7.38. The molecule has 3 heterocycles. The zero-order valence-electron chi connectivity index (χ0n) is 14.6. The summed E-state index contributed by atoms with van der Waals surface area (Å²) in [6.45, 7) is 0. The predicted molar refractivity (Wildman–Crippen MR) is 89.0 cm³/mol. The Morgan fingerprint density at radius 3 is 2.42 bits per heavy atom. The summed E-state index contributed by atoms with van der Waals surface area (Å²) in [5, 5.41) is 0.616. The molecule has 0 saturated carbocycles. The van der Waals surface area contributed by atoms with Crippen molar-refractivity contribution in [3.8, 4) is 0 Å². The summed E-state index contributed by atoms with van der Waals surface area (Å²) >= 11 is 0. The second kappa shape index (κ2) is 6.46. The van der Waals surface area contributed by atoms with Gasteiger partial charge in [0.05, 0.1) is 5.92 Å². The van der Waals surface area contributed by atoms with Gasteiger partial charge in [0.25, 0.3) is 11.8 Å². The Kier molecular flexibility index (Phi) is 4.26. The van der Waals surface area contributed by atoms with E-state index in [-0.39, 0.29) is 30.6 Å². The van der Waals surface area contributed by atoms with E-state index in [9.17, 15) is 18.8 Å². The smallest absolute Gasteiger partial charge is 0.330 e. The summed E-state index contributed by atoms with van der Waals surface area (Å²) in [7, 11) is 2.00. The number of carbonyl (C=O) groups excluding carboxylic acids is 3. The summed E-state index contributed by atoms with van der Waals surface area (Å²) in [4.78, 5) is 44.0. The minimum Gasteiger partial charge on any atom is -0.330 e. The number of nitrogens with zero attached hydrogens (tertiary/aromatic N) is 2. The van der Waals surface area contributed by atoms with Crippen LogP contribution in [0.2, 0.25) is 0 Å². The van der Waals surface area contributed by atoms with Crippen LogP contribution in [0.1, 0.15) is 43.6 Å². The number of hydrogen-bond acceptors (Lipinski definition) is 5. The molecule has 0 N–H and O–H groups in total. The van der Waals surface area contributed by atoms with Gasteiger partial charge in [-0.25, -0.2) is 9.18 Å². The average Bonchev–Trinajstić information content (AvgIpc) is 3.04. The van der Waals surface area contributed by atoms with Crippen LogP contribution in [-0.4, -0.2) is 46.9 Å². The Balaban J connectivity index is 1.62. The molecule has 2 unspecified atom stereocenters. The molecule has 0 radical (unpaired) electrons. The molecule has 0 aliphatic carbocycles. The van der Waals surface area contributed by atoms with Crippen molar-refractivity contribution in [3.05, 3.63) is 35.6 Å². The Bertz CT molecular complexity index is 734. The van der Waals surface area contributed by atoms with Crippen molar-refractivity contribution in [2.75, 3.05) is 7.05 Å². The van der Waals surface area contributed by atoms with Crippen LogP contribution in [0.25, 0.3) is 0 Å². The maximum atomic E-state index is 13.3. The van der Waals surface area contributed by atoms with Crippen molar-refractivity contribution in [3.63, 3.8) is 0 Å². The molecular formula is C19H21FN2O4. The lowest BCUT2D eigenvalue weighted by molar-refractivity contribution is -0.203. The fourth-order valence-corrected chi connectivity index (χ4v) is 4.65. The van der Waals surface area contributed by atoms with Crippen LogP contribution >= 0.6 is 0 Å². The van der Waals surface area contributed by atoms with Gasteiger partial charge in [-0.3, -0.25) is 14.5 Å². The summed E-state index contributed by atoms with van der Waals surface area (Å²) in [6, 6.07) is 6.56. The quantitative estimate of drug-likeness (QED) is 0.772. The maximum absolute atomic E-state index is 13.3. The molecule has 3 fully saturated rings. The molecule has 0 aromatic heterocycles. The average molecular weight is 360 g/mol. The van der Waals surface area contributed by atoms with E-state index < -0.39 is 23.7 Å². The first-order valence-corrected chi connectivity index (χ1v) is 9.00. The lowest BCUT2D eigenvalue weighted by Gasteiger charge is -2.42. The third-order valence-corrected chi connectivity index (χ3v) is 6.03. The van der Waals surface area contributed by atoms with Gasteiger partial charge in [-0.05, 0) is 44.0 Å². The molecule has 2 bridgehead atoms. The maximum Gasteiger partial charge on any atom is 0.338 e. The van der Waals surface area contributed by atoms with Gasteiger partial charge in [0.2, 0.25) is 0 Å². The monoisotopic (exact) mass is 360 g/mol. The van der Waals surface area contributed by atoms with Crippen LogP contribution in [0.3, 0.4) is 0 Å². The summed E-state index contributed by atoms with van der Waals surface area (Å²) < 4.78 is 13.3. The highest BCUT2D eigenvalue weighted by Crippen LogP contribution is 2.46. The van der Waals surface area contributed by atoms with E-state index in [0.717, 1.165) is 24.8 Å². The number of benzene rings is 1. The number of hydroxylamine groups is 2. The van der Waals surface area contributed by atoms with Gasteiger partial charge in [0.1, 0.15) is 5.82 Å². The molecule has 1 aromatic carbocycles. The zero-order valence-corrected chi connectivity index (χ0v) is 14.6. The molecule has 1 aromatic rings. The van der Waals surface area contributed by atoms with Crippen molar-refractivity contribution in [1.29, 1.82) is 0 Å². The molecule has 0 spiro atoms. The van der Waals surface area contributed by atoms with E-state index >= 15 is 0 Å². The van der Waals surface area contributed by atoms with Crippen molar-refractivity contribution >= 4 is 17.8 Å². The van der Waals surface area contributed by atoms with Gasteiger partial charge in [0, 0.05) is 30.8 Å². The minimum absolute atomic E-state index is 0.0101. The Hall–Kier alpha value is -2.28. The first kappa shape index (κ1) is 17.1. The lowest BCUT2D eigenvalue weighted by Crippen LogP contribution is -2.50. The van der Waals surface area contributed by atoms with Gasteiger partial charge >= 0.3 is 5.97 Å². The molecule has 3 saturated heterocycles. The first-order valence-electron chi connectivity index (χ1n) is 9.00. The van der Waals surface area contributed by atoms with Crippen molar-refractivity contribution in [1.82, 2.24) is 9.96 Å². The highest BCUT2D eigenvalue weighted by molar-refractivity contribution is 6.01. The van der Waals surface area contributed by atoms with Gasteiger partial charge in [-0.2, -0.15) is 0 Å². The van der Waals surface area contributed by atoms with Crippen LogP contribution in [0, 0.1) is 11.7 Å². The van der Waals surface area contributed by atoms with Crippen LogP contribution in [-0.2, 0) is 19.2 Å². The van der Waals surface area contributed by atoms with Gasteiger partial charge in [-0.1, -0.05) is 12.1 Å². The minimum atomic E-state index is -0.555. The van der Waals surface area contributed by atoms with Crippen LogP contribution < -0.4 is 0 Å². The number of rotatable bonds is 3. The normalized spacial score (nSPS) is 31.5. The molecular weight excluding hydrogens is 339 g/mol. The van der Waals surface area contributed by atoms with E-state index in [1.165, 1.54) is 12.1 Å². The van der Waals surface area contributed by atoms with E-state index in [4.69, 9.17) is 4.84 Å². The van der Waals surface area contributed by atoms with Crippen molar-refractivity contribution < 1.29 is 23.6 Å². The molecule has 4 rings (SSSR count).